The van der Waals surface area contributed by atoms with Gasteiger partial charge in [0.25, 0.3) is 0 Å². The first-order chi connectivity index (χ1) is 45.8. The van der Waals surface area contributed by atoms with Gasteiger partial charge in [0.1, 0.15) is 19.3 Å². The molecule has 560 valence electrons. The molecule has 19 heteroatoms. The van der Waals surface area contributed by atoms with Gasteiger partial charge in [-0.25, -0.2) is 9.13 Å². The first-order valence-electron chi connectivity index (χ1n) is 38.7. The number of carbonyl (C=O) groups excluding carboxylic acids is 4. The average Bonchev–Trinajstić information content (AvgIpc) is 1.26. The molecule has 6 atom stereocenters. The summed E-state index contributed by atoms with van der Waals surface area (Å²) in [5.41, 5.74) is 0. The molecule has 3 unspecified atom stereocenters. The van der Waals surface area contributed by atoms with Gasteiger partial charge in [0.05, 0.1) is 26.4 Å². The molecule has 17 nitrogen and oxygen atoms in total. The zero-order valence-electron chi connectivity index (χ0n) is 61.6. The van der Waals surface area contributed by atoms with E-state index in [4.69, 9.17) is 37.0 Å². The van der Waals surface area contributed by atoms with Crippen molar-refractivity contribution in [2.45, 2.75) is 381 Å². The average molecular weight is 1390 g/mol. The standard InChI is InChI=1S/C76H144O17P2/c1-8-10-11-12-13-14-15-16-19-23-26-29-35-43-50-57-73(78)86-63-71(92-75(80)59-52-45-36-30-27-24-21-18-17-20-22-25-28-33-40-47-54-67(3)4)65-90-94(82,83)88-61-70(77)62-89-95(84,85)91-66-72(64-87-74(79)58-51-44-39-38-41-48-55-68(5)6)93-76(81)60-53-46-37-32-31-34-42-49-56-69(7)9-2/h14-16,19,67-72,77H,8-13,17-18,20-66H2,1-7H3,(H,82,83)(H,84,85)/b15-14-,19-16-/t69?,70-,71-,72-/m1/s1. The summed E-state index contributed by atoms with van der Waals surface area (Å²) >= 11 is 0. The van der Waals surface area contributed by atoms with E-state index in [-0.39, 0.29) is 25.7 Å². The lowest BCUT2D eigenvalue weighted by Gasteiger charge is -2.21. The molecule has 0 rings (SSSR count). The second-order valence-electron chi connectivity index (χ2n) is 27.9. The molecular formula is C76H144O17P2. The number of esters is 4. The number of ether oxygens (including phenoxy) is 4. The van der Waals surface area contributed by atoms with Crippen LogP contribution in [0.5, 0.6) is 0 Å². The highest BCUT2D eigenvalue weighted by atomic mass is 31.2. The van der Waals surface area contributed by atoms with Gasteiger partial charge in [-0.05, 0) is 69.1 Å². The minimum Gasteiger partial charge on any atom is -0.462 e. The number of phosphoric acid groups is 2. The molecule has 0 heterocycles. The van der Waals surface area contributed by atoms with Crippen LogP contribution >= 0.6 is 15.6 Å². The number of hydrogen-bond acceptors (Lipinski definition) is 15. The van der Waals surface area contributed by atoms with Crippen molar-refractivity contribution >= 4 is 39.5 Å². The van der Waals surface area contributed by atoms with E-state index in [1.807, 2.05) is 0 Å². The Labute approximate surface area is 580 Å². The second kappa shape index (κ2) is 66.1. The quantitative estimate of drug-likeness (QED) is 0.0169. The van der Waals surface area contributed by atoms with Gasteiger partial charge in [0, 0.05) is 25.7 Å². The minimum absolute atomic E-state index is 0.100. The molecular weight excluding hydrogens is 1250 g/mol. The van der Waals surface area contributed by atoms with Gasteiger partial charge >= 0.3 is 39.5 Å². The Morgan fingerprint density at radius 2 is 0.621 bits per heavy atom. The number of phosphoric ester groups is 2. The number of aliphatic hydroxyl groups is 1. The normalized spacial score (nSPS) is 14.5. The third kappa shape index (κ3) is 68.5. The van der Waals surface area contributed by atoms with Crippen LogP contribution in [0, 0.1) is 17.8 Å². The van der Waals surface area contributed by atoms with Gasteiger partial charge in [0.2, 0.25) is 0 Å². The lowest BCUT2D eigenvalue weighted by Crippen LogP contribution is -2.30. The van der Waals surface area contributed by atoms with E-state index in [1.165, 1.54) is 148 Å². The highest BCUT2D eigenvalue weighted by molar-refractivity contribution is 7.47. The van der Waals surface area contributed by atoms with E-state index in [1.54, 1.807) is 0 Å². The molecule has 95 heavy (non-hydrogen) atoms. The van der Waals surface area contributed by atoms with Crippen LogP contribution in [0.1, 0.15) is 363 Å². The van der Waals surface area contributed by atoms with Gasteiger partial charge < -0.3 is 33.8 Å². The fourth-order valence-corrected chi connectivity index (χ4v) is 12.6. The van der Waals surface area contributed by atoms with Crippen LogP contribution in [0.25, 0.3) is 0 Å². The van der Waals surface area contributed by atoms with E-state index >= 15 is 0 Å². The Balaban J connectivity index is 5.26. The van der Waals surface area contributed by atoms with Crippen molar-refractivity contribution in [2.24, 2.45) is 17.8 Å². The van der Waals surface area contributed by atoms with Crippen LogP contribution < -0.4 is 0 Å². The highest BCUT2D eigenvalue weighted by Crippen LogP contribution is 2.45. The maximum Gasteiger partial charge on any atom is 0.472 e. The van der Waals surface area contributed by atoms with Crippen molar-refractivity contribution in [3.05, 3.63) is 24.3 Å². The van der Waals surface area contributed by atoms with Crippen molar-refractivity contribution in [1.82, 2.24) is 0 Å². The molecule has 0 bridgehead atoms. The molecule has 0 saturated carbocycles. The Hall–Kier alpha value is -2.46. The molecule has 0 amide bonds. The number of carbonyl (C=O) groups is 4. The molecule has 0 aliphatic rings. The highest BCUT2D eigenvalue weighted by Gasteiger charge is 2.30. The summed E-state index contributed by atoms with van der Waals surface area (Å²) in [6.07, 6.45) is 55.1. The van der Waals surface area contributed by atoms with Crippen molar-refractivity contribution in [1.29, 1.82) is 0 Å². The lowest BCUT2D eigenvalue weighted by atomic mass is 9.99. The third-order valence-electron chi connectivity index (χ3n) is 17.4. The number of allylic oxidation sites excluding steroid dienone is 4. The van der Waals surface area contributed by atoms with Crippen molar-refractivity contribution in [3.63, 3.8) is 0 Å². The molecule has 0 saturated heterocycles. The maximum absolute atomic E-state index is 13.1. The van der Waals surface area contributed by atoms with Crippen LogP contribution in [0.2, 0.25) is 0 Å². The van der Waals surface area contributed by atoms with Gasteiger partial charge in [-0.3, -0.25) is 37.3 Å². The number of hydrogen-bond donors (Lipinski definition) is 3. The van der Waals surface area contributed by atoms with Crippen LogP contribution in [0.4, 0.5) is 0 Å². The molecule has 0 aromatic carbocycles. The summed E-state index contributed by atoms with van der Waals surface area (Å²) in [4.78, 5) is 72.7. The first-order valence-corrected chi connectivity index (χ1v) is 41.7. The largest absolute Gasteiger partial charge is 0.472 e. The summed E-state index contributed by atoms with van der Waals surface area (Å²) in [5.74, 6) is 0.101. The Morgan fingerprint density at radius 1 is 0.347 bits per heavy atom. The Kier molecular flexibility index (Phi) is 64.4. The fraction of sp³-hybridized carbons (Fsp3) is 0.895. The number of rotatable bonds is 72. The van der Waals surface area contributed by atoms with Crippen molar-refractivity contribution in [3.8, 4) is 0 Å². The van der Waals surface area contributed by atoms with Gasteiger partial charge in [-0.1, -0.05) is 310 Å². The molecule has 0 aromatic heterocycles. The van der Waals surface area contributed by atoms with E-state index in [9.17, 15) is 43.2 Å². The Morgan fingerprint density at radius 3 is 0.937 bits per heavy atom. The van der Waals surface area contributed by atoms with Crippen LogP contribution in [-0.2, 0) is 65.4 Å². The number of aliphatic hydroxyl groups excluding tert-OH is 1. The second-order valence-corrected chi connectivity index (χ2v) is 30.8. The Bertz CT molecular complexity index is 1950. The summed E-state index contributed by atoms with van der Waals surface area (Å²) in [7, 11) is -9.92. The zero-order chi connectivity index (χ0) is 70.1. The van der Waals surface area contributed by atoms with Gasteiger partial charge in [-0.15, -0.1) is 0 Å². The minimum atomic E-state index is -4.97. The molecule has 0 spiro atoms. The lowest BCUT2D eigenvalue weighted by molar-refractivity contribution is -0.161. The third-order valence-corrected chi connectivity index (χ3v) is 19.3. The molecule has 0 fully saturated rings. The monoisotopic (exact) mass is 1390 g/mol. The van der Waals surface area contributed by atoms with Crippen LogP contribution in [-0.4, -0.2) is 96.7 Å². The summed E-state index contributed by atoms with van der Waals surface area (Å²) < 4.78 is 68.4. The SMILES string of the molecule is CCCCCC/C=C\C=C/CCCCCCCC(=O)OC[C@H](COP(=O)(O)OC[C@@H](O)COP(=O)(O)OC[C@@H](COC(=O)CCCCCCCCC(C)C)OC(=O)CCCCCCCCCCC(C)CC)OC(=O)CCCCCCCCCCCCCCCCCCC(C)C. The van der Waals surface area contributed by atoms with Crippen molar-refractivity contribution < 1.29 is 80.2 Å². The van der Waals surface area contributed by atoms with E-state index < -0.39 is 97.5 Å². The van der Waals surface area contributed by atoms with Crippen molar-refractivity contribution in [2.75, 3.05) is 39.6 Å². The van der Waals surface area contributed by atoms with Gasteiger partial charge in [-0.2, -0.15) is 0 Å². The predicted molar refractivity (Wildman–Crippen MR) is 386 cm³/mol. The van der Waals surface area contributed by atoms with Gasteiger partial charge in [0.15, 0.2) is 12.2 Å². The molecule has 0 aliphatic heterocycles. The maximum atomic E-state index is 13.1. The topological polar surface area (TPSA) is 237 Å². The molecule has 3 N–H and O–H groups in total. The summed E-state index contributed by atoms with van der Waals surface area (Å²) in [6, 6.07) is 0. The van der Waals surface area contributed by atoms with E-state index in [2.05, 4.69) is 72.8 Å². The summed E-state index contributed by atoms with van der Waals surface area (Å²) in [5, 5.41) is 10.6. The predicted octanol–water partition coefficient (Wildman–Crippen LogP) is 21.7. The molecule has 0 aliphatic carbocycles. The molecule has 0 aromatic rings. The zero-order valence-corrected chi connectivity index (χ0v) is 63.4. The smallest absolute Gasteiger partial charge is 0.462 e. The number of unbranched alkanes of at least 4 members (excludes halogenated alkanes) is 36. The fourth-order valence-electron chi connectivity index (χ4n) is 11.0. The molecule has 0 radical (unpaired) electrons. The van der Waals surface area contributed by atoms with E-state index in [0.29, 0.717) is 31.6 Å². The summed E-state index contributed by atoms with van der Waals surface area (Å²) in [6.45, 7) is 11.8. The van der Waals surface area contributed by atoms with Crippen LogP contribution in [0.15, 0.2) is 24.3 Å². The van der Waals surface area contributed by atoms with E-state index in [0.717, 1.165) is 127 Å². The first kappa shape index (κ1) is 92.5. The van der Waals surface area contributed by atoms with Crippen LogP contribution in [0.3, 0.4) is 0 Å².